The minimum atomic E-state index is -0.121. The summed E-state index contributed by atoms with van der Waals surface area (Å²) in [6.07, 6.45) is 1.93. The fraction of sp³-hybridized carbons (Fsp3) is 0.0714. The number of hydrogen-bond acceptors (Lipinski definition) is 4. The minimum absolute atomic E-state index is 0.121. The van der Waals surface area contributed by atoms with Crippen molar-refractivity contribution in [3.05, 3.63) is 48.2 Å². The standard InChI is InChI=1S/C14H13N5O/c15-10-5-3-9(4-6-10)8-12(20)17-14-11-2-1-7-16-13(11)18-19-14/h1-7H,8,15H2,(H2,16,17,18,19,20). The molecule has 3 aromatic rings. The first-order chi connectivity index (χ1) is 9.72. The van der Waals surface area contributed by atoms with Crippen molar-refractivity contribution in [2.24, 2.45) is 0 Å². The summed E-state index contributed by atoms with van der Waals surface area (Å²) in [6, 6.07) is 10.9. The van der Waals surface area contributed by atoms with E-state index in [9.17, 15) is 4.79 Å². The predicted octanol–water partition coefficient (Wildman–Crippen LogP) is 1.72. The Bertz CT molecular complexity index is 748. The molecule has 4 N–H and O–H groups in total. The van der Waals surface area contributed by atoms with Crippen molar-refractivity contribution < 1.29 is 4.79 Å². The Morgan fingerprint density at radius 3 is 2.85 bits per heavy atom. The van der Waals surface area contributed by atoms with E-state index in [0.717, 1.165) is 10.9 Å². The molecule has 0 aliphatic rings. The van der Waals surface area contributed by atoms with Crippen molar-refractivity contribution in [2.75, 3.05) is 11.1 Å². The molecule has 0 aliphatic heterocycles. The number of nitrogens with zero attached hydrogens (tertiary/aromatic N) is 2. The van der Waals surface area contributed by atoms with E-state index in [-0.39, 0.29) is 12.3 Å². The highest BCUT2D eigenvalue weighted by Gasteiger charge is 2.09. The number of nitrogens with one attached hydrogen (secondary N) is 2. The smallest absolute Gasteiger partial charge is 0.229 e. The molecule has 1 aromatic carbocycles. The number of carbonyl (C=O) groups excluding carboxylic acids is 1. The van der Waals surface area contributed by atoms with Crippen LogP contribution in [-0.2, 0) is 11.2 Å². The maximum atomic E-state index is 12.0. The third-order valence-electron chi connectivity index (χ3n) is 2.94. The average molecular weight is 267 g/mol. The molecule has 1 amide bonds. The van der Waals surface area contributed by atoms with Gasteiger partial charge in [-0.2, -0.15) is 5.10 Å². The van der Waals surface area contributed by atoms with E-state index >= 15 is 0 Å². The van der Waals surface area contributed by atoms with Gasteiger partial charge in [0.25, 0.3) is 0 Å². The molecule has 0 unspecified atom stereocenters. The van der Waals surface area contributed by atoms with Gasteiger partial charge in [0.1, 0.15) is 5.82 Å². The van der Waals surface area contributed by atoms with Crippen LogP contribution in [0.2, 0.25) is 0 Å². The molecule has 0 fully saturated rings. The number of aromatic amines is 1. The summed E-state index contributed by atoms with van der Waals surface area (Å²) in [4.78, 5) is 16.1. The second-order valence-electron chi connectivity index (χ2n) is 4.44. The number of nitrogen functional groups attached to an aromatic ring is 1. The fourth-order valence-corrected chi connectivity index (χ4v) is 1.95. The molecule has 0 radical (unpaired) electrons. The van der Waals surface area contributed by atoms with Crippen molar-refractivity contribution in [2.45, 2.75) is 6.42 Å². The molecule has 6 heteroatoms. The van der Waals surface area contributed by atoms with E-state index in [4.69, 9.17) is 5.73 Å². The van der Waals surface area contributed by atoms with Gasteiger partial charge in [-0.25, -0.2) is 4.98 Å². The third kappa shape index (κ3) is 2.44. The highest BCUT2D eigenvalue weighted by molar-refractivity contribution is 5.99. The van der Waals surface area contributed by atoms with Gasteiger partial charge < -0.3 is 11.1 Å². The lowest BCUT2D eigenvalue weighted by molar-refractivity contribution is -0.115. The highest BCUT2D eigenvalue weighted by atomic mass is 16.1. The quantitative estimate of drug-likeness (QED) is 0.629. The average Bonchev–Trinajstić information content (AvgIpc) is 2.85. The Morgan fingerprint density at radius 1 is 1.25 bits per heavy atom. The first kappa shape index (κ1) is 12.2. The maximum Gasteiger partial charge on any atom is 0.229 e. The lowest BCUT2D eigenvalue weighted by Crippen LogP contribution is -2.14. The maximum absolute atomic E-state index is 12.0. The van der Waals surface area contributed by atoms with Crippen molar-refractivity contribution in [1.82, 2.24) is 15.2 Å². The fourth-order valence-electron chi connectivity index (χ4n) is 1.95. The lowest BCUT2D eigenvalue weighted by atomic mass is 10.1. The predicted molar refractivity (Wildman–Crippen MR) is 77.1 cm³/mol. The minimum Gasteiger partial charge on any atom is -0.399 e. The molecule has 0 saturated carbocycles. The van der Waals surface area contributed by atoms with E-state index in [1.54, 1.807) is 24.4 Å². The first-order valence-corrected chi connectivity index (χ1v) is 6.16. The second kappa shape index (κ2) is 5.00. The van der Waals surface area contributed by atoms with Crippen LogP contribution in [0.1, 0.15) is 5.56 Å². The van der Waals surface area contributed by atoms with Gasteiger partial charge in [0.05, 0.1) is 11.8 Å². The van der Waals surface area contributed by atoms with E-state index in [1.165, 1.54) is 0 Å². The van der Waals surface area contributed by atoms with Gasteiger partial charge in [0.2, 0.25) is 5.91 Å². The summed E-state index contributed by atoms with van der Waals surface area (Å²) >= 11 is 0. The van der Waals surface area contributed by atoms with Crippen LogP contribution in [0.15, 0.2) is 42.6 Å². The van der Waals surface area contributed by atoms with Gasteiger partial charge in [-0.05, 0) is 29.8 Å². The van der Waals surface area contributed by atoms with Crippen LogP contribution in [0.4, 0.5) is 11.5 Å². The van der Waals surface area contributed by atoms with E-state index in [2.05, 4.69) is 20.5 Å². The van der Waals surface area contributed by atoms with Crippen LogP contribution in [0.5, 0.6) is 0 Å². The number of rotatable bonds is 3. The number of fused-ring (bicyclic) bond motifs is 1. The van der Waals surface area contributed by atoms with Crippen molar-refractivity contribution in [3.63, 3.8) is 0 Å². The van der Waals surface area contributed by atoms with Crippen LogP contribution in [-0.4, -0.2) is 21.1 Å². The topological polar surface area (TPSA) is 96.7 Å². The monoisotopic (exact) mass is 267 g/mol. The van der Waals surface area contributed by atoms with Crippen molar-refractivity contribution >= 4 is 28.4 Å². The summed E-state index contributed by atoms with van der Waals surface area (Å²) < 4.78 is 0. The first-order valence-electron chi connectivity index (χ1n) is 6.16. The van der Waals surface area contributed by atoms with Crippen molar-refractivity contribution in [1.29, 1.82) is 0 Å². The Morgan fingerprint density at radius 2 is 2.05 bits per heavy atom. The zero-order valence-corrected chi connectivity index (χ0v) is 10.6. The molecule has 2 aromatic heterocycles. The molecule has 0 aliphatic carbocycles. The van der Waals surface area contributed by atoms with Crippen LogP contribution in [0.25, 0.3) is 11.0 Å². The highest BCUT2D eigenvalue weighted by Crippen LogP contribution is 2.17. The third-order valence-corrected chi connectivity index (χ3v) is 2.94. The molecular weight excluding hydrogens is 254 g/mol. The largest absolute Gasteiger partial charge is 0.399 e. The SMILES string of the molecule is Nc1ccc(CC(=O)Nc2[nH]nc3ncccc23)cc1. The number of amides is 1. The summed E-state index contributed by atoms with van der Waals surface area (Å²) in [5.41, 5.74) is 7.77. The Balaban J connectivity index is 1.74. The number of H-pyrrole nitrogens is 1. The van der Waals surface area contributed by atoms with Gasteiger partial charge in [-0.3, -0.25) is 9.89 Å². The zero-order valence-electron chi connectivity index (χ0n) is 10.6. The van der Waals surface area contributed by atoms with Crippen LogP contribution >= 0.6 is 0 Å². The molecular formula is C14H13N5O. The summed E-state index contributed by atoms with van der Waals surface area (Å²) in [7, 11) is 0. The number of anilines is 2. The Kier molecular flexibility index (Phi) is 3.04. The summed E-state index contributed by atoms with van der Waals surface area (Å²) in [5.74, 6) is 0.442. The van der Waals surface area contributed by atoms with Crippen LogP contribution < -0.4 is 11.1 Å². The zero-order chi connectivity index (χ0) is 13.9. The molecule has 20 heavy (non-hydrogen) atoms. The number of nitrogens with two attached hydrogens (primary N) is 1. The van der Waals surface area contributed by atoms with Crippen LogP contribution in [0, 0.1) is 0 Å². The number of carbonyl (C=O) groups is 1. The second-order valence-corrected chi connectivity index (χ2v) is 4.44. The Hall–Kier alpha value is -2.89. The number of benzene rings is 1. The summed E-state index contributed by atoms with van der Waals surface area (Å²) in [6.45, 7) is 0. The van der Waals surface area contributed by atoms with E-state index in [1.807, 2.05) is 18.2 Å². The lowest BCUT2D eigenvalue weighted by Gasteiger charge is -2.03. The molecule has 0 atom stereocenters. The molecule has 3 rings (SSSR count). The summed E-state index contributed by atoms with van der Waals surface area (Å²) in [5, 5.41) is 10.4. The molecule has 2 heterocycles. The van der Waals surface area contributed by atoms with Gasteiger partial charge in [-0.15, -0.1) is 0 Å². The molecule has 100 valence electrons. The van der Waals surface area contributed by atoms with Crippen LogP contribution in [0.3, 0.4) is 0 Å². The van der Waals surface area contributed by atoms with Gasteiger partial charge in [0, 0.05) is 11.9 Å². The number of pyridine rings is 1. The normalized spacial score (nSPS) is 10.6. The van der Waals surface area contributed by atoms with E-state index < -0.39 is 0 Å². The molecule has 0 bridgehead atoms. The van der Waals surface area contributed by atoms with Crippen molar-refractivity contribution in [3.8, 4) is 0 Å². The number of hydrogen-bond donors (Lipinski definition) is 3. The van der Waals surface area contributed by atoms with Gasteiger partial charge >= 0.3 is 0 Å². The molecule has 0 saturated heterocycles. The molecule has 6 nitrogen and oxygen atoms in total. The number of aromatic nitrogens is 3. The van der Waals surface area contributed by atoms with Gasteiger partial charge in [0.15, 0.2) is 5.65 Å². The Labute approximate surface area is 115 Å². The van der Waals surface area contributed by atoms with E-state index in [0.29, 0.717) is 17.2 Å². The van der Waals surface area contributed by atoms with Gasteiger partial charge in [-0.1, -0.05) is 12.1 Å². The molecule has 0 spiro atoms.